The van der Waals surface area contributed by atoms with Crippen molar-refractivity contribution in [3.8, 4) is 0 Å². The number of hydrogen-bond acceptors (Lipinski definition) is 4. The van der Waals surface area contributed by atoms with Gasteiger partial charge in [0.25, 0.3) is 0 Å². The van der Waals surface area contributed by atoms with Crippen molar-refractivity contribution in [2.75, 3.05) is 20.2 Å². The SMILES string of the molecule is Cc1sc(Br)cc1S(=O)(=O)N(C)CC1(CO)CC1. The van der Waals surface area contributed by atoms with E-state index in [0.717, 1.165) is 21.5 Å². The molecule has 18 heavy (non-hydrogen) atoms. The molecule has 1 fully saturated rings. The standard InChI is InChI=1S/C11H16BrNO3S2/c1-8-9(5-10(12)17-8)18(15,16)13(2)6-11(7-14)3-4-11/h5,14H,3-4,6-7H2,1-2H3. The van der Waals surface area contributed by atoms with Gasteiger partial charge in [-0.25, -0.2) is 12.7 Å². The quantitative estimate of drug-likeness (QED) is 0.882. The molecule has 1 aromatic heterocycles. The van der Waals surface area contributed by atoms with E-state index in [1.54, 1.807) is 20.0 Å². The number of sulfonamides is 1. The van der Waals surface area contributed by atoms with Crippen molar-refractivity contribution in [1.29, 1.82) is 0 Å². The first-order chi connectivity index (χ1) is 8.31. The van der Waals surface area contributed by atoms with E-state index in [9.17, 15) is 13.5 Å². The fourth-order valence-corrected chi connectivity index (χ4v) is 5.62. The molecule has 0 amide bonds. The molecule has 0 radical (unpaired) electrons. The number of aliphatic hydroxyl groups is 1. The molecule has 2 rings (SSSR count). The smallest absolute Gasteiger partial charge is 0.243 e. The maximum Gasteiger partial charge on any atom is 0.243 e. The molecule has 0 spiro atoms. The lowest BCUT2D eigenvalue weighted by atomic mass is 10.1. The van der Waals surface area contributed by atoms with Crippen molar-refractivity contribution in [2.24, 2.45) is 5.41 Å². The van der Waals surface area contributed by atoms with Crippen LogP contribution in [0.2, 0.25) is 0 Å². The van der Waals surface area contributed by atoms with Crippen LogP contribution in [0.4, 0.5) is 0 Å². The molecule has 7 heteroatoms. The van der Waals surface area contributed by atoms with E-state index >= 15 is 0 Å². The highest BCUT2D eigenvalue weighted by molar-refractivity contribution is 9.11. The predicted molar refractivity (Wildman–Crippen MR) is 75.3 cm³/mol. The van der Waals surface area contributed by atoms with Gasteiger partial charge in [-0.1, -0.05) is 0 Å². The van der Waals surface area contributed by atoms with Crippen LogP contribution in [0.15, 0.2) is 14.7 Å². The molecular formula is C11H16BrNO3S2. The Balaban J connectivity index is 2.23. The molecule has 1 aliphatic rings. The number of nitrogens with zero attached hydrogens (tertiary/aromatic N) is 1. The normalized spacial score (nSPS) is 18.3. The van der Waals surface area contributed by atoms with Gasteiger partial charge in [-0.2, -0.15) is 0 Å². The van der Waals surface area contributed by atoms with E-state index in [-0.39, 0.29) is 12.0 Å². The molecule has 1 heterocycles. The summed E-state index contributed by atoms with van der Waals surface area (Å²) in [6.45, 7) is 2.24. The van der Waals surface area contributed by atoms with Crippen LogP contribution in [-0.4, -0.2) is 38.0 Å². The molecule has 4 nitrogen and oxygen atoms in total. The minimum absolute atomic E-state index is 0.0547. The summed E-state index contributed by atoms with van der Waals surface area (Å²) in [4.78, 5) is 1.14. The Morgan fingerprint density at radius 3 is 2.56 bits per heavy atom. The third-order valence-electron chi connectivity index (χ3n) is 3.38. The van der Waals surface area contributed by atoms with E-state index in [1.165, 1.54) is 15.6 Å². The summed E-state index contributed by atoms with van der Waals surface area (Å²) >= 11 is 4.72. The van der Waals surface area contributed by atoms with E-state index in [1.807, 2.05) is 0 Å². The number of thiophene rings is 1. The summed E-state index contributed by atoms with van der Waals surface area (Å²) in [6.07, 6.45) is 1.80. The van der Waals surface area contributed by atoms with Gasteiger partial charge >= 0.3 is 0 Å². The zero-order valence-corrected chi connectivity index (χ0v) is 13.5. The van der Waals surface area contributed by atoms with Crippen molar-refractivity contribution < 1.29 is 13.5 Å². The zero-order chi connectivity index (χ0) is 13.6. The van der Waals surface area contributed by atoms with Crippen LogP contribution in [0.3, 0.4) is 0 Å². The van der Waals surface area contributed by atoms with Gasteiger partial charge in [0, 0.05) is 30.5 Å². The molecule has 0 aliphatic heterocycles. The van der Waals surface area contributed by atoms with Crippen LogP contribution >= 0.6 is 27.3 Å². The van der Waals surface area contributed by atoms with Gasteiger partial charge in [-0.3, -0.25) is 0 Å². The van der Waals surface area contributed by atoms with E-state index < -0.39 is 10.0 Å². The number of hydrogen-bond donors (Lipinski definition) is 1. The molecule has 1 aromatic rings. The Hall–Kier alpha value is 0.0500. The molecule has 0 aromatic carbocycles. The monoisotopic (exact) mass is 353 g/mol. The van der Waals surface area contributed by atoms with Gasteiger partial charge in [-0.15, -0.1) is 11.3 Å². The van der Waals surface area contributed by atoms with Crippen molar-refractivity contribution in [1.82, 2.24) is 4.31 Å². The maximum atomic E-state index is 12.4. The summed E-state index contributed by atoms with van der Waals surface area (Å²) in [5, 5.41) is 9.27. The minimum atomic E-state index is -3.45. The van der Waals surface area contributed by atoms with E-state index in [0.29, 0.717) is 11.4 Å². The Bertz CT molecular complexity index is 549. The predicted octanol–water partition coefficient (Wildman–Crippen LogP) is 2.21. The largest absolute Gasteiger partial charge is 0.396 e. The zero-order valence-electron chi connectivity index (χ0n) is 10.3. The van der Waals surface area contributed by atoms with Crippen LogP contribution in [-0.2, 0) is 10.0 Å². The first-order valence-corrected chi connectivity index (χ1v) is 8.69. The number of aryl methyl sites for hydroxylation is 1. The second-order valence-corrected chi connectivity index (χ2v) is 9.54. The Kier molecular flexibility index (Phi) is 3.91. The fraction of sp³-hybridized carbons (Fsp3) is 0.636. The first-order valence-electron chi connectivity index (χ1n) is 5.64. The van der Waals surface area contributed by atoms with Gasteiger partial charge < -0.3 is 5.11 Å². The van der Waals surface area contributed by atoms with Crippen molar-refractivity contribution in [3.63, 3.8) is 0 Å². The Morgan fingerprint density at radius 2 is 2.17 bits per heavy atom. The number of halogens is 1. The molecule has 1 aliphatic carbocycles. The molecule has 0 unspecified atom stereocenters. The highest BCUT2D eigenvalue weighted by Gasteiger charge is 2.44. The van der Waals surface area contributed by atoms with Gasteiger partial charge in [-0.05, 0) is 41.8 Å². The first kappa shape index (κ1) is 14.5. The topological polar surface area (TPSA) is 57.6 Å². The minimum Gasteiger partial charge on any atom is -0.396 e. The molecule has 0 atom stereocenters. The third-order valence-corrected chi connectivity index (χ3v) is 6.99. The molecule has 0 bridgehead atoms. The average molecular weight is 354 g/mol. The molecule has 0 saturated heterocycles. The highest BCUT2D eigenvalue weighted by Crippen LogP contribution is 2.46. The Morgan fingerprint density at radius 1 is 1.56 bits per heavy atom. The van der Waals surface area contributed by atoms with Crippen LogP contribution < -0.4 is 0 Å². The summed E-state index contributed by atoms with van der Waals surface area (Å²) in [7, 11) is -1.87. The van der Waals surface area contributed by atoms with Gasteiger partial charge in [0.1, 0.15) is 0 Å². The van der Waals surface area contributed by atoms with Gasteiger partial charge in [0.15, 0.2) is 0 Å². The van der Waals surface area contributed by atoms with Crippen LogP contribution in [0.25, 0.3) is 0 Å². The second-order valence-electron chi connectivity index (χ2n) is 4.89. The summed E-state index contributed by atoms with van der Waals surface area (Å²) < 4.78 is 27.0. The molecule has 102 valence electrons. The molecule has 1 saturated carbocycles. The van der Waals surface area contributed by atoms with Crippen molar-refractivity contribution in [3.05, 3.63) is 14.7 Å². The third kappa shape index (κ3) is 2.65. The van der Waals surface area contributed by atoms with Crippen molar-refractivity contribution >= 4 is 37.3 Å². The van der Waals surface area contributed by atoms with Crippen molar-refractivity contribution in [2.45, 2.75) is 24.7 Å². The van der Waals surface area contributed by atoms with E-state index in [2.05, 4.69) is 15.9 Å². The summed E-state index contributed by atoms with van der Waals surface area (Å²) in [5.41, 5.74) is -0.205. The lowest BCUT2D eigenvalue weighted by Gasteiger charge is -2.21. The summed E-state index contributed by atoms with van der Waals surface area (Å²) in [5.74, 6) is 0. The number of rotatable bonds is 5. The highest BCUT2D eigenvalue weighted by atomic mass is 79.9. The lowest BCUT2D eigenvalue weighted by molar-refractivity contribution is 0.192. The second kappa shape index (κ2) is 4.86. The lowest BCUT2D eigenvalue weighted by Crippen LogP contribution is -2.34. The molecular weight excluding hydrogens is 338 g/mol. The van der Waals surface area contributed by atoms with Gasteiger partial charge in [0.05, 0.1) is 8.68 Å². The van der Waals surface area contributed by atoms with Crippen LogP contribution in [0.5, 0.6) is 0 Å². The van der Waals surface area contributed by atoms with Crippen LogP contribution in [0, 0.1) is 12.3 Å². The molecule has 1 N–H and O–H groups in total. The summed E-state index contributed by atoms with van der Waals surface area (Å²) in [6, 6.07) is 1.64. The average Bonchev–Trinajstić information content (AvgIpc) is 2.97. The van der Waals surface area contributed by atoms with Gasteiger partial charge in [0.2, 0.25) is 10.0 Å². The fourth-order valence-electron chi connectivity index (χ4n) is 1.96. The maximum absolute atomic E-state index is 12.4. The Labute approximate surface area is 120 Å². The van der Waals surface area contributed by atoms with E-state index in [4.69, 9.17) is 0 Å². The van der Waals surface area contributed by atoms with Crippen LogP contribution in [0.1, 0.15) is 17.7 Å². The number of aliphatic hydroxyl groups excluding tert-OH is 1.